The molecule has 5 nitrogen and oxygen atoms in total. The first-order valence-electron chi connectivity index (χ1n) is 7.61. The van der Waals surface area contributed by atoms with E-state index >= 15 is 0 Å². The first-order valence-corrected chi connectivity index (χ1v) is 8.89. The molecule has 0 amide bonds. The van der Waals surface area contributed by atoms with Crippen molar-refractivity contribution in [2.45, 2.75) is 61.0 Å². The van der Waals surface area contributed by atoms with Crippen molar-refractivity contribution in [2.24, 2.45) is 0 Å². The Balaban J connectivity index is 1.75. The van der Waals surface area contributed by atoms with E-state index in [1.165, 1.54) is 0 Å². The van der Waals surface area contributed by atoms with E-state index in [4.69, 9.17) is 14.2 Å². The summed E-state index contributed by atoms with van der Waals surface area (Å²) in [5.74, 6) is -0.476. The minimum Gasteiger partial charge on any atom is -0.377 e. The van der Waals surface area contributed by atoms with Crippen LogP contribution in [0.25, 0.3) is 0 Å². The Kier molecular flexibility index (Phi) is 4.48. The molecule has 2 heterocycles. The van der Waals surface area contributed by atoms with E-state index in [1.807, 2.05) is 14.0 Å². The molecule has 6 heteroatoms. The van der Waals surface area contributed by atoms with Crippen LogP contribution >= 0.6 is 0 Å². The van der Waals surface area contributed by atoms with E-state index in [0.29, 0.717) is 13.2 Å². The van der Waals surface area contributed by atoms with E-state index in [0.717, 1.165) is 32.3 Å². The second-order valence-corrected chi connectivity index (χ2v) is 7.88. The smallest absolute Gasteiger partial charge is 0.169 e. The summed E-state index contributed by atoms with van der Waals surface area (Å²) in [4.78, 5) is 0. The van der Waals surface area contributed by atoms with Crippen LogP contribution in [0.3, 0.4) is 0 Å². The maximum atomic E-state index is 13.0. The van der Waals surface area contributed by atoms with Crippen molar-refractivity contribution in [2.75, 3.05) is 26.9 Å². The second-order valence-electron chi connectivity index (χ2n) is 6.02. The van der Waals surface area contributed by atoms with Crippen LogP contribution in [0.2, 0.25) is 0 Å². The van der Waals surface area contributed by atoms with Gasteiger partial charge in [0.15, 0.2) is 5.79 Å². The van der Waals surface area contributed by atoms with Gasteiger partial charge in [0, 0.05) is 36.3 Å². The molecule has 1 saturated carbocycles. The zero-order valence-electron chi connectivity index (χ0n) is 12.3. The van der Waals surface area contributed by atoms with Gasteiger partial charge in [-0.15, -0.1) is 0 Å². The SMILES string of the molecule is CNC1CCC2(CC1S(=O)C1CCOC1C)OCCO2. The fourth-order valence-electron chi connectivity index (χ4n) is 3.69. The van der Waals surface area contributed by atoms with Crippen molar-refractivity contribution >= 4 is 10.8 Å². The highest BCUT2D eigenvalue weighted by Crippen LogP contribution is 2.39. The Morgan fingerprint density at radius 2 is 1.90 bits per heavy atom. The summed E-state index contributed by atoms with van der Waals surface area (Å²) in [6, 6.07) is 0.280. The molecule has 3 fully saturated rings. The number of hydrogen-bond donors (Lipinski definition) is 1. The van der Waals surface area contributed by atoms with E-state index in [2.05, 4.69) is 5.32 Å². The predicted molar refractivity (Wildman–Crippen MR) is 77.1 cm³/mol. The molecule has 0 radical (unpaired) electrons. The van der Waals surface area contributed by atoms with E-state index in [9.17, 15) is 4.21 Å². The Morgan fingerprint density at radius 1 is 1.15 bits per heavy atom. The van der Waals surface area contributed by atoms with E-state index in [1.54, 1.807) is 0 Å². The summed E-state index contributed by atoms with van der Waals surface area (Å²) in [6.45, 7) is 4.08. The van der Waals surface area contributed by atoms with Crippen LogP contribution in [0.4, 0.5) is 0 Å². The van der Waals surface area contributed by atoms with Crippen molar-refractivity contribution < 1.29 is 18.4 Å². The fourth-order valence-corrected chi connectivity index (χ4v) is 5.94. The van der Waals surface area contributed by atoms with Gasteiger partial charge in [0.2, 0.25) is 0 Å². The Bertz CT molecular complexity index is 372. The number of rotatable bonds is 3. The standard InChI is InChI=1S/C14H25NO4S/c1-10-12(4-6-17-10)20(16)13-9-14(18-7-8-19-14)5-3-11(13)15-2/h10-13,15H,3-9H2,1-2H3. The highest BCUT2D eigenvalue weighted by atomic mass is 32.2. The van der Waals surface area contributed by atoms with Crippen LogP contribution < -0.4 is 5.32 Å². The second kappa shape index (κ2) is 6.01. The van der Waals surface area contributed by atoms with Crippen molar-refractivity contribution in [3.05, 3.63) is 0 Å². The quantitative estimate of drug-likeness (QED) is 0.835. The minimum absolute atomic E-state index is 0.0843. The number of ether oxygens (including phenoxy) is 3. The average molecular weight is 303 g/mol. The summed E-state index contributed by atoms with van der Waals surface area (Å²) in [5, 5.41) is 3.56. The van der Waals surface area contributed by atoms with Gasteiger partial charge in [0.05, 0.1) is 29.8 Å². The molecular weight excluding hydrogens is 278 g/mol. The van der Waals surface area contributed by atoms with Gasteiger partial charge in [0.25, 0.3) is 0 Å². The first-order chi connectivity index (χ1) is 9.65. The van der Waals surface area contributed by atoms with Crippen molar-refractivity contribution in [3.63, 3.8) is 0 Å². The Hall–Kier alpha value is -0.0100. The lowest BCUT2D eigenvalue weighted by molar-refractivity contribution is -0.178. The summed E-state index contributed by atoms with van der Waals surface area (Å²) in [6.07, 6.45) is 3.57. The van der Waals surface area contributed by atoms with Gasteiger partial charge in [0.1, 0.15) is 0 Å². The summed E-state index contributed by atoms with van der Waals surface area (Å²) in [5.41, 5.74) is 0. The lowest BCUT2D eigenvalue weighted by Crippen LogP contribution is -2.53. The fraction of sp³-hybridized carbons (Fsp3) is 1.00. The zero-order valence-corrected chi connectivity index (χ0v) is 13.1. The number of hydrogen-bond acceptors (Lipinski definition) is 5. The van der Waals surface area contributed by atoms with Gasteiger partial charge in [-0.1, -0.05) is 0 Å². The Labute approximate surface area is 123 Å². The first kappa shape index (κ1) is 14.9. The molecule has 0 aromatic heterocycles. The van der Waals surface area contributed by atoms with Gasteiger partial charge in [-0.3, -0.25) is 4.21 Å². The molecule has 5 atom stereocenters. The number of nitrogens with one attached hydrogen (secondary N) is 1. The molecule has 2 saturated heterocycles. The van der Waals surface area contributed by atoms with Crippen LogP contribution in [-0.4, -0.2) is 59.5 Å². The maximum Gasteiger partial charge on any atom is 0.169 e. The van der Waals surface area contributed by atoms with Crippen LogP contribution in [0.1, 0.15) is 32.6 Å². The van der Waals surface area contributed by atoms with Crippen LogP contribution in [-0.2, 0) is 25.0 Å². The highest BCUT2D eigenvalue weighted by molar-refractivity contribution is 7.86. The molecule has 1 spiro atoms. The largest absolute Gasteiger partial charge is 0.377 e. The van der Waals surface area contributed by atoms with Gasteiger partial charge >= 0.3 is 0 Å². The third-order valence-corrected chi connectivity index (χ3v) is 7.19. The summed E-state index contributed by atoms with van der Waals surface area (Å²) in [7, 11) is 1.04. The molecular formula is C14H25NO4S. The molecule has 3 rings (SSSR count). The topological polar surface area (TPSA) is 56.8 Å². The lowest BCUT2D eigenvalue weighted by Gasteiger charge is -2.41. The van der Waals surface area contributed by atoms with Gasteiger partial charge in [-0.2, -0.15) is 0 Å². The summed E-state index contributed by atoms with van der Waals surface area (Å²) >= 11 is 0. The third-order valence-electron chi connectivity index (χ3n) is 4.89. The molecule has 20 heavy (non-hydrogen) atoms. The zero-order chi connectivity index (χ0) is 14.2. The van der Waals surface area contributed by atoms with Crippen LogP contribution in [0, 0.1) is 0 Å². The molecule has 5 unspecified atom stereocenters. The molecule has 1 N–H and O–H groups in total. The molecule has 0 aromatic carbocycles. The predicted octanol–water partition coefficient (Wildman–Crippen LogP) is 0.796. The maximum absolute atomic E-state index is 13.0. The van der Waals surface area contributed by atoms with Gasteiger partial charge < -0.3 is 19.5 Å². The lowest BCUT2D eigenvalue weighted by atomic mass is 9.89. The monoisotopic (exact) mass is 303 g/mol. The minimum atomic E-state index is -0.911. The molecule has 0 aromatic rings. The van der Waals surface area contributed by atoms with E-state index < -0.39 is 16.6 Å². The van der Waals surface area contributed by atoms with Gasteiger partial charge in [-0.25, -0.2) is 0 Å². The highest BCUT2D eigenvalue weighted by Gasteiger charge is 2.48. The summed E-state index contributed by atoms with van der Waals surface area (Å²) < 4.78 is 30.2. The van der Waals surface area contributed by atoms with E-state index in [-0.39, 0.29) is 22.6 Å². The molecule has 116 valence electrons. The van der Waals surface area contributed by atoms with Crippen LogP contribution in [0.15, 0.2) is 0 Å². The third kappa shape index (κ3) is 2.68. The Morgan fingerprint density at radius 3 is 2.50 bits per heavy atom. The average Bonchev–Trinajstić information content (AvgIpc) is 3.08. The molecule has 2 aliphatic heterocycles. The van der Waals surface area contributed by atoms with Crippen molar-refractivity contribution in [1.82, 2.24) is 5.32 Å². The molecule has 0 bridgehead atoms. The van der Waals surface area contributed by atoms with Crippen molar-refractivity contribution in [1.29, 1.82) is 0 Å². The van der Waals surface area contributed by atoms with Gasteiger partial charge in [-0.05, 0) is 26.8 Å². The van der Waals surface area contributed by atoms with Crippen LogP contribution in [0.5, 0.6) is 0 Å². The molecule has 1 aliphatic carbocycles. The normalized spacial score (nSPS) is 42.1. The molecule has 3 aliphatic rings. The van der Waals surface area contributed by atoms with Crippen molar-refractivity contribution in [3.8, 4) is 0 Å².